The van der Waals surface area contributed by atoms with Gasteiger partial charge in [0.2, 0.25) is 0 Å². The SMILES string of the molecule is CCCCCCC(C)(C)c1cc(O)c2c(c1)O[C@@](C)(CO)[C@@H]1CC[C@@H](CO)C[C@@H]21. The summed E-state index contributed by atoms with van der Waals surface area (Å²) in [5, 5.41) is 30.9. The first-order valence-electron chi connectivity index (χ1n) is 11.5. The Hall–Kier alpha value is -1.26. The third kappa shape index (κ3) is 4.44. The summed E-state index contributed by atoms with van der Waals surface area (Å²) in [6, 6.07) is 4.03. The number of phenolic OH excluding ortho intramolecular Hbond substituents is 1. The zero-order chi connectivity index (χ0) is 21.2. The summed E-state index contributed by atoms with van der Waals surface area (Å²) in [7, 11) is 0. The molecule has 29 heavy (non-hydrogen) atoms. The molecule has 1 aromatic rings. The van der Waals surface area contributed by atoms with Gasteiger partial charge in [-0.1, -0.05) is 46.5 Å². The van der Waals surface area contributed by atoms with E-state index in [9.17, 15) is 15.3 Å². The summed E-state index contributed by atoms with van der Waals surface area (Å²) >= 11 is 0. The maximum atomic E-state index is 11.0. The molecule has 2 aliphatic rings. The summed E-state index contributed by atoms with van der Waals surface area (Å²) in [6.45, 7) is 8.83. The first-order chi connectivity index (χ1) is 13.8. The number of ether oxygens (including phenoxy) is 1. The smallest absolute Gasteiger partial charge is 0.132 e. The number of aliphatic hydroxyl groups is 2. The van der Waals surface area contributed by atoms with Crippen molar-refractivity contribution < 1.29 is 20.1 Å². The Kier molecular flexibility index (Phi) is 6.84. The molecule has 1 aromatic carbocycles. The largest absolute Gasteiger partial charge is 0.508 e. The average molecular weight is 405 g/mol. The van der Waals surface area contributed by atoms with Crippen molar-refractivity contribution >= 4 is 0 Å². The zero-order valence-electron chi connectivity index (χ0n) is 18.7. The highest BCUT2D eigenvalue weighted by molar-refractivity contribution is 5.53. The fourth-order valence-electron chi connectivity index (χ4n) is 5.55. The van der Waals surface area contributed by atoms with Crippen LogP contribution >= 0.6 is 0 Å². The number of hydrogen-bond acceptors (Lipinski definition) is 4. The minimum absolute atomic E-state index is 0.0389. The van der Waals surface area contributed by atoms with Crippen molar-refractivity contribution in [2.75, 3.05) is 13.2 Å². The van der Waals surface area contributed by atoms with Gasteiger partial charge in [0.25, 0.3) is 0 Å². The minimum atomic E-state index is -0.644. The minimum Gasteiger partial charge on any atom is -0.508 e. The summed E-state index contributed by atoms with van der Waals surface area (Å²) in [5.74, 6) is 1.55. The van der Waals surface area contributed by atoms with E-state index >= 15 is 0 Å². The van der Waals surface area contributed by atoms with Crippen LogP contribution in [-0.4, -0.2) is 34.1 Å². The highest BCUT2D eigenvalue weighted by Gasteiger charge is 2.50. The molecule has 1 fully saturated rings. The van der Waals surface area contributed by atoms with Crippen molar-refractivity contribution in [1.29, 1.82) is 0 Å². The van der Waals surface area contributed by atoms with Crippen LogP contribution in [0.2, 0.25) is 0 Å². The van der Waals surface area contributed by atoms with Crippen LogP contribution in [0.5, 0.6) is 11.5 Å². The lowest BCUT2D eigenvalue weighted by molar-refractivity contribution is -0.0681. The number of benzene rings is 1. The molecular formula is C25H40O4. The Morgan fingerprint density at radius 1 is 1.14 bits per heavy atom. The van der Waals surface area contributed by atoms with E-state index in [1.54, 1.807) is 0 Å². The second kappa shape index (κ2) is 8.85. The first-order valence-corrected chi connectivity index (χ1v) is 11.5. The van der Waals surface area contributed by atoms with Gasteiger partial charge < -0.3 is 20.1 Å². The third-order valence-corrected chi connectivity index (χ3v) is 7.59. The highest BCUT2D eigenvalue weighted by atomic mass is 16.5. The molecule has 164 valence electrons. The molecule has 3 rings (SSSR count). The van der Waals surface area contributed by atoms with Gasteiger partial charge in [-0.3, -0.25) is 0 Å². The summed E-state index contributed by atoms with van der Waals surface area (Å²) in [5.41, 5.74) is 1.29. The normalized spacial score (nSPS) is 29.1. The fraction of sp³-hybridized carbons (Fsp3) is 0.760. The maximum absolute atomic E-state index is 11.0. The Bertz CT molecular complexity index is 698. The van der Waals surface area contributed by atoms with Crippen LogP contribution < -0.4 is 4.74 Å². The van der Waals surface area contributed by atoms with Crippen LogP contribution in [0.25, 0.3) is 0 Å². The van der Waals surface area contributed by atoms with Gasteiger partial charge in [0.15, 0.2) is 0 Å². The van der Waals surface area contributed by atoms with Gasteiger partial charge in [0.05, 0.1) is 6.61 Å². The van der Waals surface area contributed by atoms with E-state index in [2.05, 4.69) is 26.8 Å². The Labute approximate surface area is 176 Å². The van der Waals surface area contributed by atoms with Crippen molar-refractivity contribution in [2.24, 2.45) is 11.8 Å². The quantitative estimate of drug-likeness (QED) is 0.516. The molecule has 1 saturated carbocycles. The number of aliphatic hydroxyl groups excluding tert-OH is 2. The van der Waals surface area contributed by atoms with E-state index in [1.165, 1.54) is 25.7 Å². The molecule has 3 N–H and O–H groups in total. The predicted molar refractivity (Wildman–Crippen MR) is 117 cm³/mol. The molecule has 1 aliphatic heterocycles. The predicted octanol–water partition coefficient (Wildman–Crippen LogP) is 5.28. The number of rotatable bonds is 8. The van der Waals surface area contributed by atoms with Crippen molar-refractivity contribution in [3.8, 4) is 11.5 Å². The van der Waals surface area contributed by atoms with Crippen LogP contribution in [0.4, 0.5) is 0 Å². The van der Waals surface area contributed by atoms with Crippen molar-refractivity contribution in [2.45, 2.75) is 96.0 Å². The van der Waals surface area contributed by atoms with E-state index in [-0.39, 0.29) is 36.4 Å². The molecule has 0 amide bonds. The second-order valence-electron chi connectivity index (χ2n) is 10.2. The van der Waals surface area contributed by atoms with Gasteiger partial charge in [0.1, 0.15) is 17.1 Å². The van der Waals surface area contributed by atoms with Crippen LogP contribution in [0.3, 0.4) is 0 Å². The monoisotopic (exact) mass is 404 g/mol. The van der Waals surface area contributed by atoms with E-state index in [4.69, 9.17) is 4.74 Å². The maximum Gasteiger partial charge on any atom is 0.132 e. The molecule has 4 heteroatoms. The third-order valence-electron chi connectivity index (χ3n) is 7.59. The molecule has 4 atom stereocenters. The number of phenols is 1. The Balaban J connectivity index is 1.94. The molecule has 0 aromatic heterocycles. The Morgan fingerprint density at radius 2 is 1.90 bits per heavy atom. The molecule has 0 bridgehead atoms. The van der Waals surface area contributed by atoms with Crippen molar-refractivity contribution in [3.05, 3.63) is 23.3 Å². The average Bonchev–Trinajstić information content (AvgIpc) is 2.70. The van der Waals surface area contributed by atoms with E-state index in [0.29, 0.717) is 5.75 Å². The first kappa shape index (κ1) is 22.4. The topological polar surface area (TPSA) is 69.9 Å². The number of aromatic hydroxyl groups is 1. The summed E-state index contributed by atoms with van der Waals surface area (Å²) in [6.07, 6.45) is 8.65. The summed E-state index contributed by atoms with van der Waals surface area (Å²) < 4.78 is 6.39. The lowest BCUT2D eigenvalue weighted by atomic mass is 9.63. The van der Waals surface area contributed by atoms with Crippen LogP contribution in [-0.2, 0) is 5.41 Å². The van der Waals surface area contributed by atoms with E-state index in [0.717, 1.165) is 42.6 Å². The van der Waals surface area contributed by atoms with Gasteiger partial charge >= 0.3 is 0 Å². The fourth-order valence-corrected chi connectivity index (χ4v) is 5.55. The lowest BCUT2D eigenvalue weighted by Gasteiger charge is -2.50. The molecule has 0 radical (unpaired) electrons. The molecule has 0 unspecified atom stereocenters. The highest BCUT2D eigenvalue weighted by Crippen LogP contribution is 2.56. The van der Waals surface area contributed by atoms with E-state index in [1.807, 2.05) is 13.0 Å². The van der Waals surface area contributed by atoms with Gasteiger partial charge in [-0.2, -0.15) is 0 Å². The molecule has 4 nitrogen and oxygen atoms in total. The zero-order valence-corrected chi connectivity index (χ0v) is 18.7. The number of unbranched alkanes of at least 4 members (excludes halogenated alkanes) is 3. The molecule has 0 spiro atoms. The van der Waals surface area contributed by atoms with Crippen LogP contribution in [0.15, 0.2) is 12.1 Å². The second-order valence-corrected chi connectivity index (χ2v) is 10.2. The van der Waals surface area contributed by atoms with Gasteiger partial charge in [-0.05, 0) is 67.6 Å². The molecule has 1 heterocycles. The molecular weight excluding hydrogens is 364 g/mol. The standard InChI is InChI=1S/C25H40O4/c1-5-6-7-8-11-24(2,3)18-13-21(28)23-19-12-17(15-26)9-10-20(19)25(4,16-27)29-22(23)14-18/h13-14,17,19-20,26-28H,5-12,15-16H2,1-4H3/t17-,19-,20-,25+/m1/s1. The summed E-state index contributed by atoms with van der Waals surface area (Å²) in [4.78, 5) is 0. The van der Waals surface area contributed by atoms with Crippen molar-refractivity contribution in [1.82, 2.24) is 0 Å². The van der Waals surface area contributed by atoms with Crippen LogP contribution in [0.1, 0.15) is 96.1 Å². The Morgan fingerprint density at radius 3 is 2.55 bits per heavy atom. The van der Waals surface area contributed by atoms with Crippen molar-refractivity contribution in [3.63, 3.8) is 0 Å². The van der Waals surface area contributed by atoms with Gasteiger partial charge in [0, 0.05) is 18.1 Å². The van der Waals surface area contributed by atoms with Crippen LogP contribution in [0, 0.1) is 11.8 Å². The van der Waals surface area contributed by atoms with Gasteiger partial charge in [-0.25, -0.2) is 0 Å². The lowest BCUT2D eigenvalue weighted by Crippen LogP contribution is -2.51. The number of fused-ring (bicyclic) bond motifs is 3. The molecule has 1 aliphatic carbocycles. The van der Waals surface area contributed by atoms with E-state index < -0.39 is 5.60 Å². The molecule has 0 saturated heterocycles. The van der Waals surface area contributed by atoms with Gasteiger partial charge in [-0.15, -0.1) is 0 Å². The number of hydrogen-bond donors (Lipinski definition) is 3.